The summed E-state index contributed by atoms with van der Waals surface area (Å²) in [6.45, 7) is 8.33. The van der Waals surface area contributed by atoms with Crippen molar-refractivity contribution in [3.05, 3.63) is 0 Å². The third-order valence-corrected chi connectivity index (χ3v) is 3.46. The van der Waals surface area contributed by atoms with Crippen LogP contribution in [0.3, 0.4) is 0 Å². The Morgan fingerprint density at radius 3 is 2.80 bits per heavy atom. The third kappa shape index (κ3) is 2.95. The molecule has 3 nitrogen and oxygen atoms in total. The van der Waals surface area contributed by atoms with Gasteiger partial charge in [0.05, 0.1) is 6.07 Å². The summed E-state index contributed by atoms with van der Waals surface area (Å²) in [6, 6.07) is 1.93. The van der Waals surface area contributed by atoms with E-state index in [9.17, 15) is 4.79 Å². The van der Waals surface area contributed by atoms with Gasteiger partial charge in [0.1, 0.15) is 6.42 Å². The first kappa shape index (κ1) is 12.0. The monoisotopic (exact) mass is 208 g/mol. The molecule has 3 heteroatoms. The van der Waals surface area contributed by atoms with Gasteiger partial charge in [0.25, 0.3) is 0 Å². The van der Waals surface area contributed by atoms with Crippen molar-refractivity contribution in [3.8, 4) is 6.07 Å². The Morgan fingerprint density at radius 2 is 2.27 bits per heavy atom. The smallest absolute Gasteiger partial charge is 0.236 e. The highest BCUT2D eigenvalue weighted by molar-refractivity contribution is 5.78. The molecule has 1 saturated heterocycles. The van der Waals surface area contributed by atoms with E-state index in [1.807, 2.05) is 11.0 Å². The van der Waals surface area contributed by atoms with Crippen molar-refractivity contribution in [2.24, 2.45) is 17.8 Å². The van der Waals surface area contributed by atoms with Gasteiger partial charge in [-0.05, 0) is 24.2 Å². The molecule has 0 N–H and O–H groups in total. The van der Waals surface area contributed by atoms with Gasteiger partial charge in [-0.25, -0.2) is 0 Å². The molecule has 1 rings (SSSR count). The zero-order chi connectivity index (χ0) is 11.4. The van der Waals surface area contributed by atoms with E-state index in [2.05, 4.69) is 20.8 Å². The van der Waals surface area contributed by atoms with Crippen LogP contribution in [-0.2, 0) is 4.79 Å². The summed E-state index contributed by atoms with van der Waals surface area (Å²) in [4.78, 5) is 13.4. The van der Waals surface area contributed by atoms with Crippen LogP contribution in [0.15, 0.2) is 0 Å². The van der Waals surface area contributed by atoms with Crippen LogP contribution >= 0.6 is 0 Å². The van der Waals surface area contributed by atoms with Crippen molar-refractivity contribution in [2.75, 3.05) is 13.1 Å². The second-order valence-electron chi connectivity index (χ2n) is 4.85. The van der Waals surface area contributed by atoms with Gasteiger partial charge < -0.3 is 4.90 Å². The number of likely N-dealkylation sites (tertiary alicyclic amines) is 1. The van der Waals surface area contributed by atoms with Crippen molar-refractivity contribution < 1.29 is 4.79 Å². The fourth-order valence-electron chi connectivity index (χ4n) is 2.37. The normalized spacial score (nSPS) is 26.5. The van der Waals surface area contributed by atoms with Crippen LogP contribution in [0.2, 0.25) is 0 Å². The number of amides is 1. The minimum atomic E-state index is -0.00458. The molecule has 15 heavy (non-hydrogen) atoms. The summed E-state index contributed by atoms with van der Waals surface area (Å²) < 4.78 is 0. The first-order valence-electron chi connectivity index (χ1n) is 5.71. The average molecular weight is 208 g/mol. The van der Waals surface area contributed by atoms with Gasteiger partial charge in [-0.1, -0.05) is 20.8 Å². The molecule has 1 aliphatic heterocycles. The lowest BCUT2D eigenvalue weighted by Gasteiger charge is -2.39. The SMILES string of the molecule is CC(C)[C@H]1CN(C(=O)CC#N)CC[C@H]1C. The molecule has 84 valence electrons. The summed E-state index contributed by atoms with van der Waals surface area (Å²) >= 11 is 0. The molecule has 1 amide bonds. The number of hydrogen-bond acceptors (Lipinski definition) is 2. The van der Waals surface area contributed by atoms with Crippen LogP contribution < -0.4 is 0 Å². The molecule has 0 saturated carbocycles. The maximum Gasteiger partial charge on any atom is 0.236 e. The number of nitriles is 1. The molecule has 1 fully saturated rings. The Bertz CT molecular complexity index is 267. The standard InChI is InChI=1S/C12H20N2O/c1-9(2)11-8-14(7-5-10(11)3)12(15)4-6-13/h9-11H,4-5,7-8H2,1-3H3/t10-,11-/m1/s1. The molecular weight excluding hydrogens is 188 g/mol. The van der Waals surface area contributed by atoms with E-state index >= 15 is 0 Å². The van der Waals surface area contributed by atoms with Crippen LogP contribution in [0.25, 0.3) is 0 Å². The van der Waals surface area contributed by atoms with E-state index in [1.165, 1.54) is 0 Å². The molecule has 0 aliphatic carbocycles. The predicted octanol–water partition coefficient (Wildman–Crippen LogP) is 2.04. The summed E-state index contributed by atoms with van der Waals surface area (Å²) in [5.74, 6) is 1.88. The van der Waals surface area contributed by atoms with E-state index in [4.69, 9.17) is 5.26 Å². The van der Waals surface area contributed by atoms with Crippen molar-refractivity contribution in [1.29, 1.82) is 5.26 Å². The molecule has 1 aliphatic rings. The lowest BCUT2D eigenvalue weighted by molar-refractivity contribution is -0.133. The fourth-order valence-corrected chi connectivity index (χ4v) is 2.37. The Hall–Kier alpha value is -1.04. The molecule has 0 aromatic heterocycles. The lowest BCUT2D eigenvalue weighted by atomic mass is 9.79. The van der Waals surface area contributed by atoms with Crippen molar-refractivity contribution >= 4 is 5.91 Å². The van der Waals surface area contributed by atoms with Crippen molar-refractivity contribution in [2.45, 2.75) is 33.6 Å². The van der Waals surface area contributed by atoms with Crippen LogP contribution in [0.4, 0.5) is 0 Å². The molecule has 0 aromatic rings. The first-order valence-corrected chi connectivity index (χ1v) is 5.71. The zero-order valence-corrected chi connectivity index (χ0v) is 9.86. The Balaban J connectivity index is 2.58. The second-order valence-corrected chi connectivity index (χ2v) is 4.85. The van der Waals surface area contributed by atoms with Gasteiger partial charge in [-0.3, -0.25) is 4.79 Å². The molecule has 0 bridgehead atoms. The highest BCUT2D eigenvalue weighted by atomic mass is 16.2. The molecular formula is C12H20N2O. The molecule has 0 unspecified atom stereocenters. The molecule has 0 spiro atoms. The van der Waals surface area contributed by atoms with Crippen molar-refractivity contribution in [1.82, 2.24) is 4.90 Å². The summed E-state index contributed by atoms with van der Waals surface area (Å²) in [5.41, 5.74) is 0. The largest absolute Gasteiger partial charge is 0.342 e. The van der Waals surface area contributed by atoms with Crippen LogP contribution in [-0.4, -0.2) is 23.9 Å². The number of rotatable bonds is 2. The quantitative estimate of drug-likeness (QED) is 0.697. The Morgan fingerprint density at radius 1 is 1.60 bits per heavy atom. The van der Waals surface area contributed by atoms with Crippen LogP contribution in [0, 0.1) is 29.1 Å². The molecule has 1 heterocycles. The highest BCUT2D eigenvalue weighted by Crippen LogP contribution is 2.29. The van der Waals surface area contributed by atoms with Gasteiger partial charge >= 0.3 is 0 Å². The maximum absolute atomic E-state index is 11.6. The van der Waals surface area contributed by atoms with E-state index in [-0.39, 0.29) is 12.3 Å². The summed E-state index contributed by atoms with van der Waals surface area (Å²) in [7, 11) is 0. The third-order valence-electron chi connectivity index (χ3n) is 3.46. The van der Waals surface area contributed by atoms with E-state index in [1.54, 1.807) is 0 Å². The molecule has 0 radical (unpaired) electrons. The van der Waals surface area contributed by atoms with E-state index in [0.29, 0.717) is 17.8 Å². The summed E-state index contributed by atoms with van der Waals surface area (Å²) in [5, 5.41) is 8.50. The first-order chi connectivity index (χ1) is 7.06. The average Bonchev–Trinajstić information content (AvgIpc) is 2.18. The number of carbonyl (C=O) groups is 1. The maximum atomic E-state index is 11.6. The number of carbonyl (C=O) groups excluding carboxylic acids is 1. The highest BCUT2D eigenvalue weighted by Gasteiger charge is 2.30. The minimum absolute atomic E-state index is 0.00458. The number of piperidine rings is 1. The Labute approximate surface area is 92.1 Å². The molecule has 0 aromatic carbocycles. The van der Waals surface area contributed by atoms with Crippen LogP contribution in [0.5, 0.6) is 0 Å². The predicted molar refractivity (Wildman–Crippen MR) is 58.9 cm³/mol. The van der Waals surface area contributed by atoms with E-state index in [0.717, 1.165) is 19.5 Å². The fraction of sp³-hybridized carbons (Fsp3) is 0.833. The Kier molecular flexibility index (Phi) is 4.14. The number of hydrogen-bond donors (Lipinski definition) is 0. The molecule has 2 atom stereocenters. The van der Waals surface area contributed by atoms with Crippen molar-refractivity contribution in [3.63, 3.8) is 0 Å². The van der Waals surface area contributed by atoms with Gasteiger partial charge in [-0.15, -0.1) is 0 Å². The minimum Gasteiger partial charge on any atom is -0.342 e. The number of nitrogens with zero attached hydrogens (tertiary/aromatic N) is 2. The van der Waals surface area contributed by atoms with Gasteiger partial charge in [0.15, 0.2) is 0 Å². The zero-order valence-electron chi connectivity index (χ0n) is 9.86. The van der Waals surface area contributed by atoms with Gasteiger partial charge in [0, 0.05) is 13.1 Å². The summed E-state index contributed by atoms with van der Waals surface area (Å²) in [6.07, 6.45) is 1.10. The van der Waals surface area contributed by atoms with E-state index < -0.39 is 0 Å². The topological polar surface area (TPSA) is 44.1 Å². The second kappa shape index (κ2) is 5.16. The van der Waals surface area contributed by atoms with Crippen LogP contribution in [0.1, 0.15) is 33.6 Å². The van der Waals surface area contributed by atoms with Gasteiger partial charge in [0.2, 0.25) is 5.91 Å². The van der Waals surface area contributed by atoms with Gasteiger partial charge in [-0.2, -0.15) is 5.26 Å². The lowest BCUT2D eigenvalue weighted by Crippen LogP contribution is -2.44.